The lowest BCUT2D eigenvalue weighted by Crippen LogP contribution is -2.24. The third-order valence-electron chi connectivity index (χ3n) is 3.99. The number of hydrogen-bond donors (Lipinski definition) is 1. The minimum atomic E-state index is 0.227. The molecule has 0 aliphatic heterocycles. The van der Waals surface area contributed by atoms with E-state index >= 15 is 0 Å². The third-order valence-corrected chi connectivity index (χ3v) is 3.99. The molecule has 1 saturated carbocycles. The molecule has 0 aromatic heterocycles. The van der Waals surface area contributed by atoms with Crippen LogP contribution in [0.3, 0.4) is 0 Å². The number of rotatable bonds is 4. The Morgan fingerprint density at radius 2 is 1.79 bits per heavy atom. The minimum absolute atomic E-state index is 0.227. The molecule has 3 rings (SSSR count). The third kappa shape index (κ3) is 2.96. The Kier molecular flexibility index (Phi) is 3.81. The highest BCUT2D eigenvalue weighted by Crippen LogP contribution is 2.23. The fourth-order valence-electron chi connectivity index (χ4n) is 2.75. The van der Waals surface area contributed by atoms with Gasteiger partial charge in [0.15, 0.2) is 0 Å². The molecule has 2 aromatic carbocycles. The van der Waals surface area contributed by atoms with Crippen LogP contribution in [0, 0.1) is 0 Å². The summed E-state index contributed by atoms with van der Waals surface area (Å²) in [6.07, 6.45) is 5.39. The Bertz CT molecular complexity index is 546. The maximum Gasteiger partial charge on any atom is 0.0790 e. The molecular weight excluding hydrogens is 234 g/mol. The lowest BCUT2D eigenvalue weighted by atomic mass is 10.0. The summed E-state index contributed by atoms with van der Waals surface area (Å²) in [7, 11) is 0. The molecule has 0 radical (unpaired) electrons. The minimum Gasteiger partial charge on any atom is -0.298 e. The van der Waals surface area contributed by atoms with Crippen LogP contribution in [0.4, 0.5) is 0 Å². The van der Waals surface area contributed by atoms with Crippen molar-refractivity contribution in [3.63, 3.8) is 0 Å². The van der Waals surface area contributed by atoms with Gasteiger partial charge < -0.3 is 0 Å². The van der Waals surface area contributed by atoms with Crippen LogP contribution in [0.1, 0.15) is 44.2 Å². The van der Waals surface area contributed by atoms with Gasteiger partial charge in [-0.1, -0.05) is 49.2 Å². The standard InChI is InChI=1S/C17H21NO/c1-13(18-19-17-8-4-5-9-17)15-11-10-14-6-2-3-7-16(14)12-15/h2-3,6-7,10-13,17-18H,4-5,8-9H2,1H3. The van der Waals surface area contributed by atoms with E-state index in [1.807, 2.05) is 0 Å². The molecule has 2 heteroatoms. The van der Waals surface area contributed by atoms with Gasteiger partial charge in [-0.25, -0.2) is 0 Å². The first kappa shape index (κ1) is 12.6. The lowest BCUT2D eigenvalue weighted by Gasteiger charge is -2.18. The number of benzene rings is 2. The molecule has 1 aliphatic carbocycles. The zero-order valence-corrected chi connectivity index (χ0v) is 11.4. The van der Waals surface area contributed by atoms with Gasteiger partial charge in [0.1, 0.15) is 0 Å². The van der Waals surface area contributed by atoms with Crippen molar-refractivity contribution in [3.05, 3.63) is 48.0 Å². The van der Waals surface area contributed by atoms with Crippen molar-refractivity contribution in [2.24, 2.45) is 0 Å². The van der Waals surface area contributed by atoms with Gasteiger partial charge in [-0.15, -0.1) is 0 Å². The first-order valence-corrected chi connectivity index (χ1v) is 7.23. The van der Waals surface area contributed by atoms with Crippen molar-refractivity contribution in [1.29, 1.82) is 0 Å². The van der Waals surface area contributed by atoms with Crippen molar-refractivity contribution in [2.45, 2.75) is 44.8 Å². The van der Waals surface area contributed by atoms with E-state index in [0.717, 1.165) is 0 Å². The van der Waals surface area contributed by atoms with Crippen molar-refractivity contribution < 1.29 is 4.84 Å². The van der Waals surface area contributed by atoms with E-state index in [0.29, 0.717) is 6.10 Å². The van der Waals surface area contributed by atoms with E-state index in [-0.39, 0.29) is 6.04 Å². The number of hydrogen-bond acceptors (Lipinski definition) is 2. The molecule has 0 spiro atoms. The molecule has 1 aliphatic rings. The van der Waals surface area contributed by atoms with Crippen LogP contribution in [-0.2, 0) is 4.84 Å². The van der Waals surface area contributed by atoms with Crippen LogP contribution in [-0.4, -0.2) is 6.10 Å². The maximum absolute atomic E-state index is 5.78. The summed E-state index contributed by atoms with van der Waals surface area (Å²) in [6, 6.07) is 15.3. The summed E-state index contributed by atoms with van der Waals surface area (Å²) in [5.74, 6) is 0. The van der Waals surface area contributed by atoms with Crippen LogP contribution >= 0.6 is 0 Å². The molecule has 0 bridgehead atoms. The first-order valence-electron chi connectivity index (χ1n) is 7.23. The highest BCUT2D eigenvalue weighted by molar-refractivity contribution is 5.83. The van der Waals surface area contributed by atoms with Crippen molar-refractivity contribution in [1.82, 2.24) is 5.48 Å². The van der Waals surface area contributed by atoms with Crippen LogP contribution in [0.15, 0.2) is 42.5 Å². The predicted molar refractivity (Wildman–Crippen MR) is 78.8 cm³/mol. The van der Waals surface area contributed by atoms with Gasteiger partial charge in [0.05, 0.1) is 12.1 Å². The van der Waals surface area contributed by atoms with E-state index in [1.54, 1.807) is 0 Å². The topological polar surface area (TPSA) is 21.3 Å². The molecular formula is C17H21NO. The Morgan fingerprint density at radius 3 is 2.58 bits per heavy atom. The average Bonchev–Trinajstić information content (AvgIpc) is 2.97. The van der Waals surface area contributed by atoms with Crippen LogP contribution in [0.25, 0.3) is 10.8 Å². The number of nitrogens with one attached hydrogen (secondary N) is 1. The zero-order valence-electron chi connectivity index (χ0n) is 11.4. The van der Waals surface area contributed by atoms with Crippen molar-refractivity contribution in [3.8, 4) is 0 Å². The maximum atomic E-state index is 5.78. The second-order valence-corrected chi connectivity index (χ2v) is 5.47. The molecule has 0 amide bonds. The number of fused-ring (bicyclic) bond motifs is 1. The normalized spacial score (nSPS) is 17.9. The fourth-order valence-corrected chi connectivity index (χ4v) is 2.75. The Hall–Kier alpha value is -1.38. The summed E-state index contributed by atoms with van der Waals surface area (Å²) in [4.78, 5) is 5.78. The summed E-state index contributed by atoms with van der Waals surface area (Å²) in [6.45, 7) is 2.15. The van der Waals surface area contributed by atoms with Crippen LogP contribution in [0.2, 0.25) is 0 Å². The molecule has 19 heavy (non-hydrogen) atoms. The quantitative estimate of drug-likeness (QED) is 0.819. The van der Waals surface area contributed by atoms with Crippen molar-refractivity contribution >= 4 is 10.8 Å². The highest BCUT2D eigenvalue weighted by Gasteiger charge is 2.17. The highest BCUT2D eigenvalue weighted by atomic mass is 16.7. The van der Waals surface area contributed by atoms with E-state index in [9.17, 15) is 0 Å². The first-order chi connectivity index (χ1) is 9.33. The molecule has 2 nitrogen and oxygen atoms in total. The molecule has 1 N–H and O–H groups in total. The zero-order chi connectivity index (χ0) is 13.1. The van der Waals surface area contributed by atoms with Gasteiger partial charge in [0, 0.05) is 0 Å². The van der Waals surface area contributed by atoms with Gasteiger partial charge in [-0.05, 0) is 42.2 Å². The smallest absolute Gasteiger partial charge is 0.0790 e. The lowest BCUT2D eigenvalue weighted by molar-refractivity contribution is -0.0376. The van der Waals surface area contributed by atoms with Gasteiger partial charge in [0.2, 0.25) is 0 Å². The molecule has 1 fully saturated rings. The van der Waals surface area contributed by atoms with Crippen molar-refractivity contribution in [2.75, 3.05) is 0 Å². The molecule has 1 unspecified atom stereocenters. The predicted octanol–water partition coefficient (Wildman–Crippen LogP) is 4.36. The summed E-state index contributed by atoms with van der Waals surface area (Å²) in [5.41, 5.74) is 4.48. The molecule has 2 aromatic rings. The molecule has 1 atom stereocenters. The van der Waals surface area contributed by atoms with Gasteiger partial charge in [-0.3, -0.25) is 4.84 Å². The Labute approximate surface area is 114 Å². The second kappa shape index (κ2) is 5.72. The Morgan fingerprint density at radius 1 is 1.05 bits per heavy atom. The summed E-state index contributed by atoms with van der Waals surface area (Å²) < 4.78 is 0. The van der Waals surface area contributed by atoms with E-state index in [4.69, 9.17) is 4.84 Å². The summed E-state index contributed by atoms with van der Waals surface area (Å²) in [5, 5.41) is 2.57. The van der Waals surface area contributed by atoms with Gasteiger partial charge >= 0.3 is 0 Å². The van der Waals surface area contributed by atoms with E-state index in [2.05, 4.69) is 54.9 Å². The monoisotopic (exact) mass is 255 g/mol. The number of hydroxylamine groups is 1. The fraction of sp³-hybridized carbons (Fsp3) is 0.412. The SMILES string of the molecule is CC(NOC1CCCC1)c1ccc2ccccc2c1. The van der Waals surface area contributed by atoms with Crippen LogP contribution < -0.4 is 5.48 Å². The summed E-state index contributed by atoms with van der Waals surface area (Å²) >= 11 is 0. The average molecular weight is 255 g/mol. The van der Waals surface area contributed by atoms with E-state index < -0.39 is 0 Å². The molecule has 100 valence electrons. The van der Waals surface area contributed by atoms with Gasteiger partial charge in [0.25, 0.3) is 0 Å². The Balaban J connectivity index is 1.68. The molecule has 0 heterocycles. The van der Waals surface area contributed by atoms with E-state index in [1.165, 1.54) is 42.0 Å². The molecule has 0 saturated heterocycles. The second-order valence-electron chi connectivity index (χ2n) is 5.47. The van der Waals surface area contributed by atoms with Gasteiger partial charge in [-0.2, -0.15) is 5.48 Å². The largest absolute Gasteiger partial charge is 0.298 e. The van der Waals surface area contributed by atoms with Crippen LogP contribution in [0.5, 0.6) is 0 Å².